The Morgan fingerprint density at radius 2 is 2.27 bits per heavy atom. The molecule has 2 heteroatoms. The van der Waals surface area contributed by atoms with Crippen molar-refractivity contribution in [3.63, 3.8) is 0 Å². The maximum Gasteiger partial charge on any atom is 0.0549 e. The van der Waals surface area contributed by atoms with E-state index in [2.05, 4.69) is 11.9 Å². The third kappa shape index (κ3) is 6.07. The van der Waals surface area contributed by atoms with Crippen LogP contribution >= 0.6 is 0 Å². The molecule has 2 unspecified atom stereocenters. The molecule has 0 saturated carbocycles. The predicted octanol–water partition coefficient (Wildman–Crippen LogP) is 1.31. The first-order chi connectivity index (χ1) is 5.20. The molecule has 0 rings (SSSR count). The number of aliphatic hydroxyl groups excluding tert-OH is 1. The van der Waals surface area contributed by atoms with Gasteiger partial charge in [-0.1, -0.05) is 13.0 Å². The van der Waals surface area contributed by atoms with Gasteiger partial charge in [0.15, 0.2) is 0 Å². The maximum absolute atomic E-state index is 9.18. The van der Waals surface area contributed by atoms with Crippen molar-refractivity contribution in [2.75, 3.05) is 6.54 Å². The highest BCUT2D eigenvalue weighted by molar-refractivity contribution is 4.80. The van der Waals surface area contributed by atoms with E-state index in [4.69, 9.17) is 0 Å². The number of nitrogens with one attached hydrogen (secondary N) is 1. The van der Waals surface area contributed by atoms with Crippen LogP contribution in [0.1, 0.15) is 26.7 Å². The van der Waals surface area contributed by atoms with Gasteiger partial charge in [-0.3, -0.25) is 0 Å². The largest absolute Gasteiger partial charge is 0.393 e. The molecule has 0 aromatic carbocycles. The Labute approximate surface area is 69.3 Å². The Morgan fingerprint density at radius 1 is 1.64 bits per heavy atom. The molecule has 0 radical (unpaired) electrons. The second-order valence-electron chi connectivity index (χ2n) is 2.83. The van der Waals surface area contributed by atoms with E-state index in [1.165, 1.54) is 0 Å². The van der Waals surface area contributed by atoms with Gasteiger partial charge in [0.25, 0.3) is 0 Å². The lowest BCUT2D eigenvalue weighted by atomic mass is 10.2. The second kappa shape index (κ2) is 6.38. The first-order valence-corrected chi connectivity index (χ1v) is 4.24. The minimum Gasteiger partial charge on any atom is -0.393 e. The molecule has 66 valence electrons. The van der Waals surface area contributed by atoms with Gasteiger partial charge in [-0.05, 0) is 26.3 Å². The molecule has 0 saturated heterocycles. The molecule has 2 nitrogen and oxygen atoms in total. The molecule has 0 aromatic heterocycles. The quantitative estimate of drug-likeness (QED) is 0.570. The van der Waals surface area contributed by atoms with Crippen LogP contribution in [-0.2, 0) is 0 Å². The molecule has 0 aliphatic rings. The number of rotatable bonds is 6. The zero-order chi connectivity index (χ0) is 8.69. The van der Waals surface area contributed by atoms with Crippen molar-refractivity contribution in [1.82, 2.24) is 5.32 Å². The van der Waals surface area contributed by atoms with Crippen molar-refractivity contribution < 1.29 is 5.11 Å². The summed E-state index contributed by atoms with van der Waals surface area (Å²) in [5, 5.41) is 12.4. The minimum atomic E-state index is -0.153. The van der Waals surface area contributed by atoms with Crippen molar-refractivity contribution in [1.29, 1.82) is 0 Å². The molecule has 2 atom stereocenters. The van der Waals surface area contributed by atoms with Crippen molar-refractivity contribution in [2.45, 2.75) is 38.8 Å². The van der Waals surface area contributed by atoms with Crippen LogP contribution in [0.25, 0.3) is 0 Å². The van der Waals surface area contributed by atoms with Crippen LogP contribution < -0.4 is 5.32 Å². The summed E-state index contributed by atoms with van der Waals surface area (Å²) in [5.74, 6) is 0. The summed E-state index contributed by atoms with van der Waals surface area (Å²) in [4.78, 5) is 0. The Morgan fingerprint density at radius 3 is 2.73 bits per heavy atom. The molecule has 2 N–H and O–H groups in total. The molecule has 0 aliphatic heterocycles. The van der Waals surface area contributed by atoms with E-state index in [-0.39, 0.29) is 6.10 Å². The van der Waals surface area contributed by atoms with E-state index >= 15 is 0 Å². The lowest BCUT2D eigenvalue weighted by Gasteiger charge is -2.11. The second-order valence-corrected chi connectivity index (χ2v) is 2.83. The zero-order valence-electron chi connectivity index (χ0n) is 7.51. The van der Waals surface area contributed by atoms with E-state index < -0.39 is 0 Å². The van der Waals surface area contributed by atoms with E-state index in [1.54, 1.807) is 0 Å². The summed E-state index contributed by atoms with van der Waals surface area (Å²) in [6.07, 6.45) is 3.37. The molecule has 11 heavy (non-hydrogen) atoms. The van der Waals surface area contributed by atoms with Crippen molar-refractivity contribution in [3.8, 4) is 0 Å². The van der Waals surface area contributed by atoms with Crippen molar-refractivity contribution in [2.24, 2.45) is 0 Å². The van der Waals surface area contributed by atoms with Gasteiger partial charge in [0, 0.05) is 6.04 Å². The Bertz CT molecular complexity index is 104. The van der Waals surface area contributed by atoms with Gasteiger partial charge in [-0.15, -0.1) is 6.58 Å². The normalized spacial score (nSPS) is 15.9. The minimum absolute atomic E-state index is 0.153. The van der Waals surface area contributed by atoms with Crippen LogP contribution in [-0.4, -0.2) is 23.8 Å². The first kappa shape index (κ1) is 10.7. The van der Waals surface area contributed by atoms with Gasteiger partial charge in [0.05, 0.1) is 6.10 Å². The Kier molecular flexibility index (Phi) is 6.18. The molecule has 0 aliphatic carbocycles. The SMILES string of the molecule is C=CC(C)NCCC(O)CC. The van der Waals surface area contributed by atoms with Crippen LogP contribution in [0.4, 0.5) is 0 Å². The summed E-state index contributed by atoms with van der Waals surface area (Å²) in [7, 11) is 0. The standard InChI is InChI=1S/C9H19NO/c1-4-8(3)10-7-6-9(11)5-2/h4,8-11H,1,5-7H2,2-3H3. The number of aliphatic hydroxyl groups is 1. The molecule has 0 aromatic rings. The van der Waals surface area contributed by atoms with Gasteiger partial charge in [0.2, 0.25) is 0 Å². The maximum atomic E-state index is 9.18. The lowest BCUT2D eigenvalue weighted by Crippen LogP contribution is -2.27. The van der Waals surface area contributed by atoms with Crippen molar-refractivity contribution >= 4 is 0 Å². The van der Waals surface area contributed by atoms with Crippen LogP contribution in [0.5, 0.6) is 0 Å². The van der Waals surface area contributed by atoms with Gasteiger partial charge in [-0.2, -0.15) is 0 Å². The van der Waals surface area contributed by atoms with Crippen molar-refractivity contribution in [3.05, 3.63) is 12.7 Å². The number of hydrogen-bond donors (Lipinski definition) is 2. The third-order valence-electron chi connectivity index (χ3n) is 1.77. The van der Waals surface area contributed by atoms with Crippen LogP contribution in [0, 0.1) is 0 Å². The fraction of sp³-hybridized carbons (Fsp3) is 0.778. The van der Waals surface area contributed by atoms with Gasteiger partial charge < -0.3 is 10.4 Å². The van der Waals surface area contributed by atoms with Crippen LogP contribution in [0.2, 0.25) is 0 Å². The van der Waals surface area contributed by atoms with E-state index in [0.29, 0.717) is 6.04 Å². The average Bonchev–Trinajstić information content (AvgIpc) is 2.04. The average molecular weight is 157 g/mol. The lowest BCUT2D eigenvalue weighted by molar-refractivity contribution is 0.159. The Hall–Kier alpha value is -0.340. The Balaban J connectivity index is 3.19. The fourth-order valence-corrected chi connectivity index (χ4v) is 0.765. The number of hydrogen-bond acceptors (Lipinski definition) is 2. The highest BCUT2D eigenvalue weighted by Gasteiger charge is 2.00. The molecule has 0 bridgehead atoms. The smallest absolute Gasteiger partial charge is 0.0549 e. The predicted molar refractivity (Wildman–Crippen MR) is 48.6 cm³/mol. The zero-order valence-corrected chi connectivity index (χ0v) is 7.51. The van der Waals surface area contributed by atoms with Gasteiger partial charge in [-0.25, -0.2) is 0 Å². The molecule has 0 amide bonds. The van der Waals surface area contributed by atoms with E-state index in [1.807, 2.05) is 19.9 Å². The molecular formula is C9H19NO. The van der Waals surface area contributed by atoms with E-state index in [9.17, 15) is 5.11 Å². The summed E-state index contributed by atoms with van der Waals surface area (Å²) < 4.78 is 0. The monoisotopic (exact) mass is 157 g/mol. The van der Waals surface area contributed by atoms with E-state index in [0.717, 1.165) is 19.4 Å². The fourth-order valence-electron chi connectivity index (χ4n) is 0.765. The third-order valence-corrected chi connectivity index (χ3v) is 1.77. The molecular weight excluding hydrogens is 138 g/mol. The summed E-state index contributed by atoms with van der Waals surface area (Å²) in [5.41, 5.74) is 0. The molecule has 0 spiro atoms. The molecule has 0 heterocycles. The highest BCUT2D eigenvalue weighted by atomic mass is 16.3. The molecule has 0 fully saturated rings. The van der Waals surface area contributed by atoms with Gasteiger partial charge >= 0.3 is 0 Å². The van der Waals surface area contributed by atoms with Gasteiger partial charge in [0.1, 0.15) is 0 Å². The topological polar surface area (TPSA) is 32.3 Å². The summed E-state index contributed by atoms with van der Waals surface area (Å²) >= 11 is 0. The summed E-state index contributed by atoms with van der Waals surface area (Å²) in [6, 6.07) is 0.346. The van der Waals surface area contributed by atoms with Crippen LogP contribution in [0.3, 0.4) is 0 Å². The first-order valence-electron chi connectivity index (χ1n) is 4.24. The highest BCUT2D eigenvalue weighted by Crippen LogP contribution is 1.94. The van der Waals surface area contributed by atoms with Crippen LogP contribution in [0.15, 0.2) is 12.7 Å². The summed E-state index contributed by atoms with van der Waals surface area (Å²) in [6.45, 7) is 8.55.